The van der Waals surface area contributed by atoms with Crippen LogP contribution in [0.3, 0.4) is 0 Å². The van der Waals surface area contributed by atoms with E-state index in [1.807, 2.05) is 0 Å². The van der Waals surface area contributed by atoms with Gasteiger partial charge in [0.25, 0.3) is 0 Å². The number of likely N-dealkylation sites (tertiary alicyclic amines) is 1. The minimum atomic E-state index is -5.03. The predicted octanol–water partition coefficient (Wildman–Crippen LogP) is 6.47. The molecular formula is C25H24F7N3O3. The number of carbonyl (C=O) groups is 2. The van der Waals surface area contributed by atoms with Gasteiger partial charge in [-0.1, -0.05) is 6.07 Å². The molecule has 3 amide bonds. The Balaban J connectivity index is 1.71. The molecule has 2 saturated heterocycles. The van der Waals surface area contributed by atoms with Gasteiger partial charge in [0.15, 0.2) is 0 Å². The lowest BCUT2D eigenvalue weighted by atomic mass is 9.97. The molecule has 2 heterocycles. The van der Waals surface area contributed by atoms with Crippen molar-refractivity contribution in [3.8, 4) is 0 Å². The van der Waals surface area contributed by atoms with Crippen LogP contribution in [-0.4, -0.2) is 58.1 Å². The SMILES string of the molecule is Cc1cc(F)ccc1[C@H]1CN(C(=O)O)CCN1C(=O)N1CCCC1c1cc(C(F)(F)F)cc(C(F)(F)F)c1. The van der Waals surface area contributed by atoms with Gasteiger partial charge >= 0.3 is 24.5 Å². The second-order valence-corrected chi connectivity index (χ2v) is 9.41. The number of nitrogens with zero attached hydrogens (tertiary/aromatic N) is 3. The Kier molecular flexibility index (Phi) is 7.23. The highest BCUT2D eigenvalue weighted by molar-refractivity contribution is 5.77. The van der Waals surface area contributed by atoms with E-state index in [9.17, 15) is 45.4 Å². The normalized spacial score (nSPS) is 20.7. The van der Waals surface area contributed by atoms with Gasteiger partial charge in [-0.15, -0.1) is 0 Å². The van der Waals surface area contributed by atoms with Gasteiger partial charge in [0.1, 0.15) is 5.82 Å². The fourth-order valence-corrected chi connectivity index (χ4v) is 5.14. The summed E-state index contributed by atoms with van der Waals surface area (Å²) >= 11 is 0. The molecule has 0 spiro atoms. The van der Waals surface area contributed by atoms with Gasteiger partial charge in [-0.25, -0.2) is 14.0 Å². The van der Waals surface area contributed by atoms with Gasteiger partial charge in [0.2, 0.25) is 0 Å². The Labute approximate surface area is 213 Å². The van der Waals surface area contributed by atoms with E-state index in [1.165, 1.54) is 28.0 Å². The Hall–Kier alpha value is -3.51. The number of hydrogen-bond donors (Lipinski definition) is 1. The van der Waals surface area contributed by atoms with Crippen LogP contribution in [0, 0.1) is 12.7 Å². The number of urea groups is 1. The Morgan fingerprint density at radius 2 is 1.47 bits per heavy atom. The number of aryl methyl sites for hydroxylation is 1. The molecular weight excluding hydrogens is 523 g/mol. The van der Waals surface area contributed by atoms with Crippen LogP contribution < -0.4 is 0 Å². The summed E-state index contributed by atoms with van der Waals surface area (Å²) in [6.07, 6.45) is -10.8. The molecule has 2 aliphatic heterocycles. The first kappa shape index (κ1) is 27.5. The van der Waals surface area contributed by atoms with Crippen LogP contribution in [-0.2, 0) is 12.4 Å². The van der Waals surface area contributed by atoms with E-state index in [4.69, 9.17) is 0 Å². The molecule has 13 heteroatoms. The molecule has 0 saturated carbocycles. The maximum absolute atomic E-state index is 13.8. The highest BCUT2D eigenvalue weighted by Crippen LogP contribution is 2.41. The number of carboxylic acid groups (broad SMARTS) is 1. The lowest BCUT2D eigenvalue weighted by molar-refractivity contribution is -0.143. The molecule has 6 nitrogen and oxygen atoms in total. The fourth-order valence-electron chi connectivity index (χ4n) is 5.14. The van der Waals surface area contributed by atoms with Gasteiger partial charge in [-0.2, -0.15) is 26.3 Å². The minimum Gasteiger partial charge on any atom is -0.465 e. The molecule has 206 valence electrons. The largest absolute Gasteiger partial charge is 0.465 e. The molecule has 0 radical (unpaired) electrons. The lowest BCUT2D eigenvalue weighted by Crippen LogP contribution is -2.55. The van der Waals surface area contributed by atoms with Crippen molar-refractivity contribution in [2.24, 2.45) is 0 Å². The number of amides is 3. The molecule has 2 aromatic carbocycles. The minimum absolute atomic E-state index is 0.0435. The maximum atomic E-state index is 13.8. The molecule has 2 atom stereocenters. The molecule has 2 aliphatic rings. The standard InChI is InChI=1S/C25H24F7N3O3/c1-14-9-18(26)4-5-19(14)21-13-33(23(37)38)7-8-35(21)22(36)34-6-2-3-20(34)15-10-16(24(27,28)29)12-17(11-15)25(30,31)32/h4-5,9-12,20-21H,2-3,6-8,13H2,1H3,(H,37,38)/t20?,21-/m1/s1. The summed E-state index contributed by atoms with van der Waals surface area (Å²) in [5.41, 5.74) is -2.25. The van der Waals surface area contributed by atoms with Crippen molar-refractivity contribution in [3.05, 3.63) is 70.0 Å². The van der Waals surface area contributed by atoms with Gasteiger partial charge < -0.3 is 19.8 Å². The number of benzene rings is 2. The average molecular weight is 547 g/mol. The number of hydrogen-bond acceptors (Lipinski definition) is 2. The van der Waals surface area contributed by atoms with E-state index in [2.05, 4.69) is 0 Å². The molecule has 4 rings (SSSR count). The molecule has 1 N–H and O–H groups in total. The van der Waals surface area contributed by atoms with Crippen LogP contribution in [0.2, 0.25) is 0 Å². The van der Waals surface area contributed by atoms with Crippen molar-refractivity contribution < 1.29 is 45.4 Å². The van der Waals surface area contributed by atoms with Crippen molar-refractivity contribution in [3.63, 3.8) is 0 Å². The third-order valence-electron chi connectivity index (χ3n) is 6.98. The smallest absolute Gasteiger partial charge is 0.416 e. The molecule has 0 bridgehead atoms. The van der Waals surface area contributed by atoms with E-state index in [-0.39, 0.29) is 44.2 Å². The summed E-state index contributed by atoms with van der Waals surface area (Å²) in [7, 11) is 0. The molecule has 2 fully saturated rings. The number of halogens is 7. The van der Waals surface area contributed by atoms with Crippen LogP contribution in [0.15, 0.2) is 36.4 Å². The number of alkyl halides is 6. The first-order chi connectivity index (χ1) is 17.7. The summed E-state index contributed by atoms with van der Waals surface area (Å²) in [4.78, 5) is 29.1. The molecule has 0 aromatic heterocycles. The summed E-state index contributed by atoms with van der Waals surface area (Å²) in [6.45, 7) is 1.45. The van der Waals surface area contributed by atoms with E-state index in [0.29, 0.717) is 29.7 Å². The summed E-state index contributed by atoms with van der Waals surface area (Å²) in [5.74, 6) is -0.528. The van der Waals surface area contributed by atoms with Crippen molar-refractivity contribution in [2.75, 3.05) is 26.2 Å². The zero-order valence-corrected chi connectivity index (χ0v) is 20.1. The topological polar surface area (TPSA) is 64.1 Å². The van der Waals surface area contributed by atoms with Crippen LogP contribution in [0.1, 0.15) is 52.7 Å². The van der Waals surface area contributed by atoms with Crippen molar-refractivity contribution >= 4 is 12.1 Å². The Morgan fingerprint density at radius 3 is 2.03 bits per heavy atom. The number of piperazine rings is 1. The van der Waals surface area contributed by atoms with E-state index in [1.54, 1.807) is 6.92 Å². The van der Waals surface area contributed by atoms with Gasteiger partial charge in [-0.05, 0) is 66.8 Å². The zero-order chi connectivity index (χ0) is 28.0. The number of carbonyl (C=O) groups excluding carboxylic acids is 1. The lowest BCUT2D eigenvalue weighted by Gasteiger charge is -2.43. The second kappa shape index (κ2) is 9.99. The Bertz CT molecular complexity index is 1200. The van der Waals surface area contributed by atoms with Gasteiger partial charge in [0.05, 0.1) is 23.2 Å². The van der Waals surface area contributed by atoms with Crippen LogP contribution >= 0.6 is 0 Å². The quantitative estimate of drug-likeness (QED) is 0.439. The van der Waals surface area contributed by atoms with E-state index < -0.39 is 53.5 Å². The predicted molar refractivity (Wildman–Crippen MR) is 121 cm³/mol. The highest BCUT2D eigenvalue weighted by Gasteiger charge is 2.42. The zero-order valence-electron chi connectivity index (χ0n) is 20.1. The van der Waals surface area contributed by atoms with Crippen LogP contribution in [0.5, 0.6) is 0 Å². The summed E-state index contributed by atoms with van der Waals surface area (Å²) < 4.78 is 94.4. The first-order valence-electron chi connectivity index (χ1n) is 11.8. The van der Waals surface area contributed by atoms with Crippen molar-refractivity contribution in [1.29, 1.82) is 0 Å². The maximum Gasteiger partial charge on any atom is 0.416 e. The number of rotatable bonds is 2. The van der Waals surface area contributed by atoms with Crippen LogP contribution in [0.25, 0.3) is 0 Å². The molecule has 0 aliphatic carbocycles. The summed E-state index contributed by atoms with van der Waals surface area (Å²) in [5, 5.41) is 9.50. The van der Waals surface area contributed by atoms with Gasteiger partial charge in [-0.3, -0.25) is 0 Å². The second-order valence-electron chi connectivity index (χ2n) is 9.41. The average Bonchev–Trinajstić information content (AvgIpc) is 3.32. The third-order valence-corrected chi connectivity index (χ3v) is 6.98. The van der Waals surface area contributed by atoms with E-state index >= 15 is 0 Å². The van der Waals surface area contributed by atoms with Gasteiger partial charge in [0, 0.05) is 26.2 Å². The first-order valence-corrected chi connectivity index (χ1v) is 11.8. The molecule has 2 aromatic rings. The van der Waals surface area contributed by atoms with E-state index in [0.717, 1.165) is 4.90 Å². The van der Waals surface area contributed by atoms with Crippen molar-refractivity contribution in [1.82, 2.24) is 14.7 Å². The third kappa shape index (κ3) is 5.51. The fraction of sp³-hybridized carbons (Fsp3) is 0.440. The highest BCUT2D eigenvalue weighted by atomic mass is 19.4. The van der Waals surface area contributed by atoms with Crippen LogP contribution in [0.4, 0.5) is 40.3 Å². The molecule has 1 unspecified atom stereocenters. The Morgan fingerprint density at radius 1 is 0.868 bits per heavy atom. The van der Waals surface area contributed by atoms with Crippen molar-refractivity contribution in [2.45, 2.75) is 44.2 Å². The summed E-state index contributed by atoms with van der Waals surface area (Å²) in [6, 6.07) is 2.64. The molecule has 38 heavy (non-hydrogen) atoms. The monoisotopic (exact) mass is 547 g/mol.